The van der Waals surface area contributed by atoms with E-state index in [1.54, 1.807) is 0 Å². The van der Waals surface area contributed by atoms with Crippen LogP contribution in [0.25, 0.3) is 0 Å². The van der Waals surface area contributed by atoms with Crippen molar-refractivity contribution in [2.24, 2.45) is 17.8 Å². The highest BCUT2D eigenvalue weighted by Gasteiger charge is 2.44. The third-order valence-corrected chi connectivity index (χ3v) is 4.92. The highest BCUT2D eigenvalue weighted by Crippen LogP contribution is 2.42. The molecule has 3 unspecified atom stereocenters. The van der Waals surface area contributed by atoms with Crippen LogP contribution in [0.1, 0.15) is 58.9 Å². The van der Waals surface area contributed by atoms with Gasteiger partial charge in [0.05, 0.1) is 0 Å². The van der Waals surface area contributed by atoms with Crippen LogP contribution >= 0.6 is 0 Å². The first-order valence-corrected chi connectivity index (χ1v) is 7.31. The van der Waals surface area contributed by atoms with Gasteiger partial charge in [0.15, 0.2) is 11.6 Å². The third-order valence-electron chi connectivity index (χ3n) is 4.92. The quantitative estimate of drug-likeness (QED) is 0.765. The minimum Gasteiger partial charge on any atom is -0.294 e. The van der Waals surface area contributed by atoms with E-state index in [0.29, 0.717) is 17.0 Å². The van der Waals surface area contributed by atoms with E-state index in [0.717, 1.165) is 31.2 Å². The normalized spacial score (nSPS) is 29.9. The Morgan fingerprint density at radius 1 is 1.05 bits per heavy atom. The summed E-state index contributed by atoms with van der Waals surface area (Å²) in [6.07, 6.45) is 4.00. The van der Waals surface area contributed by atoms with Crippen LogP contribution in [0.3, 0.4) is 0 Å². The first kappa shape index (κ1) is 12.6. The summed E-state index contributed by atoms with van der Waals surface area (Å²) in [5, 5.41) is 0. The summed E-state index contributed by atoms with van der Waals surface area (Å²) in [5.41, 5.74) is 2.38. The van der Waals surface area contributed by atoms with Crippen LogP contribution in [-0.2, 0) is 0 Å². The molecule has 1 aromatic rings. The van der Waals surface area contributed by atoms with E-state index >= 15 is 0 Å². The van der Waals surface area contributed by atoms with Crippen LogP contribution in [0.4, 0.5) is 0 Å². The van der Waals surface area contributed by atoms with Gasteiger partial charge in [0, 0.05) is 23.0 Å². The predicted octanol–water partition coefficient (Wildman–Crippen LogP) is 3.82. The molecule has 19 heavy (non-hydrogen) atoms. The van der Waals surface area contributed by atoms with E-state index in [4.69, 9.17) is 0 Å². The molecule has 2 heteroatoms. The number of ketones is 2. The van der Waals surface area contributed by atoms with Crippen molar-refractivity contribution in [1.82, 2.24) is 0 Å². The number of carbonyl (C=O) groups is 2. The lowest BCUT2D eigenvalue weighted by Crippen LogP contribution is -2.40. The second kappa shape index (κ2) is 4.59. The van der Waals surface area contributed by atoms with Crippen LogP contribution in [0.5, 0.6) is 0 Å². The van der Waals surface area contributed by atoms with Gasteiger partial charge in [0.25, 0.3) is 0 Å². The molecule has 0 spiro atoms. The highest BCUT2D eigenvalue weighted by molar-refractivity contribution is 6.16. The van der Waals surface area contributed by atoms with Gasteiger partial charge in [0.1, 0.15) is 0 Å². The fourth-order valence-electron chi connectivity index (χ4n) is 3.71. The first-order chi connectivity index (χ1) is 9.11. The van der Waals surface area contributed by atoms with Crippen LogP contribution in [0.15, 0.2) is 18.2 Å². The SMILES string of the molecule is CCC1CCC2C(=O)c3cc(C)ccc3C(=O)C2C1. The molecule has 0 bridgehead atoms. The Morgan fingerprint density at radius 2 is 1.79 bits per heavy atom. The minimum atomic E-state index is -0.0543. The van der Waals surface area contributed by atoms with Gasteiger partial charge in [-0.2, -0.15) is 0 Å². The molecule has 1 aromatic carbocycles. The maximum absolute atomic E-state index is 12.6. The Balaban J connectivity index is 2.03. The van der Waals surface area contributed by atoms with E-state index in [9.17, 15) is 9.59 Å². The molecule has 0 aliphatic heterocycles. The molecule has 0 aromatic heterocycles. The smallest absolute Gasteiger partial charge is 0.167 e. The fraction of sp³-hybridized carbons (Fsp3) is 0.529. The van der Waals surface area contributed by atoms with Crippen molar-refractivity contribution < 1.29 is 9.59 Å². The molecule has 100 valence electrons. The molecule has 2 nitrogen and oxygen atoms in total. The van der Waals surface area contributed by atoms with Gasteiger partial charge < -0.3 is 0 Å². The topological polar surface area (TPSA) is 34.1 Å². The number of hydrogen-bond donors (Lipinski definition) is 0. The highest BCUT2D eigenvalue weighted by atomic mass is 16.1. The average Bonchev–Trinajstić information content (AvgIpc) is 2.44. The lowest BCUT2D eigenvalue weighted by atomic mass is 9.64. The zero-order valence-electron chi connectivity index (χ0n) is 11.6. The Hall–Kier alpha value is -1.44. The van der Waals surface area contributed by atoms with Crippen LogP contribution < -0.4 is 0 Å². The molecule has 2 aliphatic carbocycles. The number of carbonyl (C=O) groups excluding carboxylic acids is 2. The van der Waals surface area contributed by atoms with Crippen LogP contribution in [0, 0.1) is 24.7 Å². The summed E-state index contributed by atoms with van der Waals surface area (Å²) in [7, 11) is 0. The van der Waals surface area contributed by atoms with E-state index in [1.165, 1.54) is 0 Å². The number of hydrogen-bond acceptors (Lipinski definition) is 2. The Labute approximate surface area is 114 Å². The lowest BCUT2D eigenvalue weighted by Gasteiger charge is -2.37. The zero-order chi connectivity index (χ0) is 13.6. The second-order valence-electron chi connectivity index (χ2n) is 6.08. The number of fused-ring (bicyclic) bond motifs is 2. The Morgan fingerprint density at radius 3 is 2.53 bits per heavy atom. The molecule has 0 N–H and O–H groups in total. The molecule has 0 saturated heterocycles. The van der Waals surface area contributed by atoms with Crippen molar-refractivity contribution in [2.45, 2.75) is 39.5 Å². The zero-order valence-corrected chi connectivity index (χ0v) is 11.6. The van der Waals surface area contributed by atoms with Crippen molar-refractivity contribution in [3.63, 3.8) is 0 Å². The lowest BCUT2D eigenvalue weighted by molar-refractivity contribution is 0.0627. The van der Waals surface area contributed by atoms with Crippen molar-refractivity contribution in [3.8, 4) is 0 Å². The second-order valence-corrected chi connectivity index (χ2v) is 6.08. The summed E-state index contributed by atoms with van der Waals surface area (Å²) in [4.78, 5) is 25.2. The summed E-state index contributed by atoms with van der Waals surface area (Å²) in [6.45, 7) is 4.15. The summed E-state index contributed by atoms with van der Waals surface area (Å²) < 4.78 is 0. The largest absolute Gasteiger partial charge is 0.294 e. The predicted molar refractivity (Wildman–Crippen MR) is 74.5 cm³/mol. The van der Waals surface area contributed by atoms with Gasteiger partial charge in [0.2, 0.25) is 0 Å². The molecule has 0 radical (unpaired) electrons. The van der Waals surface area contributed by atoms with E-state index in [-0.39, 0.29) is 23.4 Å². The van der Waals surface area contributed by atoms with Gasteiger partial charge in [-0.3, -0.25) is 9.59 Å². The van der Waals surface area contributed by atoms with Crippen LogP contribution in [0.2, 0.25) is 0 Å². The molecule has 3 rings (SSSR count). The molecule has 0 heterocycles. The Bertz CT molecular complexity index is 544. The molecule has 2 aliphatic rings. The van der Waals surface area contributed by atoms with Gasteiger partial charge >= 0.3 is 0 Å². The number of benzene rings is 1. The first-order valence-electron chi connectivity index (χ1n) is 7.31. The fourth-order valence-corrected chi connectivity index (χ4v) is 3.71. The van der Waals surface area contributed by atoms with Crippen molar-refractivity contribution in [1.29, 1.82) is 0 Å². The minimum absolute atomic E-state index is 0.0513. The Kier molecular flexibility index (Phi) is 3.04. The summed E-state index contributed by atoms with van der Waals surface area (Å²) in [5.74, 6) is 0.923. The molecule has 0 amide bonds. The van der Waals surface area contributed by atoms with E-state index in [1.807, 2.05) is 25.1 Å². The van der Waals surface area contributed by atoms with Crippen molar-refractivity contribution in [3.05, 3.63) is 34.9 Å². The monoisotopic (exact) mass is 256 g/mol. The van der Waals surface area contributed by atoms with E-state index in [2.05, 4.69) is 6.92 Å². The third kappa shape index (κ3) is 1.94. The molecule has 1 saturated carbocycles. The molecule has 3 atom stereocenters. The van der Waals surface area contributed by atoms with Gasteiger partial charge in [-0.05, 0) is 38.2 Å². The van der Waals surface area contributed by atoms with Crippen LogP contribution in [-0.4, -0.2) is 11.6 Å². The van der Waals surface area contributed by atoms with Gasteiger partial charge in [-0.25, -0.2) is 0 Å². The maximum atomic E-state index is 12.6. The van der Waals surface area contributed by atoms with Crippen molar-refractivity contribution in [2.75, 3.05) is 0 Å². The number of Topliss-reactive ketones (excluding diaryl/α,β-unsaturated/α-hetero) is 2. The van der Waals surface area contributed by atoms with Gasteiger partial charge in [-0.15, -0.1) is 0 Å². The standard InChI is InChI=1S/C17H20O2/c1-3-11-5-7-13-15(9-11)17(19)12-6-4-10(2)8-14(12)16(13)18/h4,6,8,11,13,15H,3,5,7,9H2,1-2H3. The van der Waals surface area contributed by atoms with E-state index < -0.39 is 0 Å². The van der Waals surface area contributed by atoms with Crippen molar-refractivity contribution >= 4 is 11.6 Å². The molecular weight excluding hydrogens is 236 g/mol. The maximum Gasteiger partial charge on any atom is 0.167 e. The summed E-state index contributed by atoms with van der Waals surface area (Å²) in [6, 6.07) is 5.67. The summed E-state index contributed by atoms with van der Waals surface area (Å²) >= 11 is 0. The average molecular weight is 256 g/mol. The number of rotatable bonds is 1. The van der Waals surface area contributed by atoms with Gasteiger partial charge in [-0.1, -0.05) is 31.0 Å². The number of aryl methyl sites for hydroxylation is 1. The molecular formula is C17H20O2. The molecule has 1 fully saturated rings.